The molecule has 25 heteroatoms. The molecule has 7 rings (SSSR count). The maximum atomic E-state index is 13.4. The second kappa shape index (κ2) is 11.8. The van der Waals surface area contributed by atoms with Crippen LogP contribution in [0, 0.1) is 5.92 Å². The number of imidazole rings is 1. The number of rotatable bonds is 3. The highest BCUT2D eigenvalue weighted by molar-refractivity contribution is 7.47. The van der Waals surface area contributed by atoms with E-state index >= 15 is 0 Å². The van der Waals surface area contributed by atoms with E-state index < -0.39 is 109 Å². The SMILES string of the molecule is Nc1ncnc2c1ncn2C1OC2COP(=O)(O)OC3C(CO)C(COP(=O)(O)OC2C1O)OC3N1C=NC2C(=O)NC(N)NC21. The van der Waals surface area contributed by atoms with Crippen LogP contribution >= 0.6 is 15.6 Å². The van der Waals surface area contributed by atoms with Gasteiger partial charge < -0.3 is 45.4 Å². The fourth-order valence-electron chi connectivity index (χ4n) is 6.05. The van der Waals surface area contributed by atoms with Gasteiger partial charge in [0.15, 0.2) is 30.0 Å². The third-order valence-corrected chi connectivity index (χ3v) is 10.2. The van der Waals surface area contributed by atoms with Crippen molar-refractivity contribution >= 4 is 44.9 Å². The number of nitrogens with one attached hydrogen (secondary N) is 2. The number of phosphoric ester groups is 2. The van der Waals surface area contributed by atoms with Gasteiger partial charge in [0.05, 0.1) is 38.6 Å². The van der Waals surface area contributed by atoms with Crippen molar-refractivity contribution in [1.82, 2.24) is 35.1 Å². The lowest BCUT2D eigenvalue weighted by Crippen LogP contribution is -2.70. The lowest BCUT2D eigenvalue weighted by atomic mass is 9.99. The normalized spacial score (nSPS) is 44.7. The van der Waals surface area contributed by atoms with Crippen LogP contribution in [0.3, 0.4) is 0 Å². The summed E-state index contributed by atoms with van der Waals surface area (Å²) < 4.78 is 61.1. The highest BCUT2D eigenvalue weighted by Gasteiger charge is 2.56. The minimum Gasteiger partial charge on any atom is -0.396 e. The number of carbonyl (C=O) groups excluding carboxylic acids is 1. The molecule has 0 spiro atoms. The maximum absolute atomic E-state index is 13.4. The number of nitrogens with zero attached hydrogens (tertiary/aromatic N) is 6. The van der Waals surface area contributed by atoms with Crippen LogP contribution in [0.2, 0.25) is 0 Å². The number of amides is 1. The Balaban J connectivity index is 1.17. The molecule has 2 bridgehead atoms. The molecule has 4 fully saturated rings. The van der Waals surface area contributed by atoms with Gasteiger partial charge in [-0.15, -0.1) is 0 Å². The molecule has 46 heavy (non-hydrogen) atoms. The van der Waals surface area contributed by atoms with E-state index in [9.17, 15) is 33.9 Å². The van der Waals surface area contributed by atoms with Crippen LogP contribution < -0.4 is 22.1 Å². The Bertz CT molecular complexity index is 1630. The molecule has 5 aliphatic heterocycles. The number of aliphatic hydroxyl groups is 2. The first-order valence-electron chi connectivity index (χ1n) is 13.8. The van der Waals surface area contributed by atoms with E-state index in [1.54, 1.807) is 0 Å². The van der Waals surface area contributed by atoms with Gasteiger partial charge in [0, 0.05) is 5.92 Å². The Morgan fingerprint density at radius 1 is 1.02 bits per heavy atom. The van der Waals surface area contributed by atoms with Crippen LogP contribution in [-0.2, 0) is 41.5 Å². The molecule has 4 saturated heterocycles. The Hall–Kier alpha value is -2.73. The molecule has 13 atom stereocenters. The fraction of sp³-hybridized carbons (Fsp3) is 0.667. The monoisotopic (exact) mass is 692 g/mol. The number of aliphatic imine (C=N–C) groups is 1. The van der Waals surface area contributed by atoms with Crippen molar-refractivity contribution in [2.45, 2.75) is 61.5 Å². The molecule has 0 aromatic carbocycles. The summed E-state index contributed by atoms with van der Waals surface area (Å²) in [6, 6.07) is -0.966. The van der Waals surface area contributed by atoms with E-state index in [4.69, 9.17) is 39.0 Å². The summed E-state index contributed by atoms with van der Waals surface area (Å²) in [6.07, 6.45) is -8.28. The Morgan fingerprint density at radius 3 is 2.46 bits per heavy atom. The predicted molar refractivity (Wildman–Crippen MR) is 147 cm³/mol. The van der Waals surface area contributed by atoms with E-state index in [0.717, 1.165) is 6.33 Å². The number of aromatic nitrogens is 4. The summed E-state index contributed by atoms with van der Waals surface area (Å²) in [4.78, 5) is 51.6. The molecule has 0 saturated carbocycles. The van der Waals surface area contributed by atoms with Crippen molar-refractivity contribution in [3.05, 3.63) is 12.7 Å². The molecule has 1 amide bonds. The highest BCUT2D eigenvalue weighted by Crippen LogP contribution is 2.53. The Morgan fingerprint density at radius 2 is 1.72 bits per heavy atom. The van der Waals surface area contributed by atoms with E-state index in [1.807, 2.05) is 0 Å². The lowest BCUT2D eigenvalue weighted by Gasteiger charge is -2.39. The third-order valence-electron chi connectivity index (χ3n) is 8.18. The number of nitrogen functional groups attached to an aromatic ring is 1. The standard InChI is InChI=1S/C21H30N10O13P2/c22-15-10-16(25-4-24-15)30(5-26-10)19-12(33)14-9(42-19)3-40-45(35,36)43-13-7(1-32)8(2-39-46(37,38)44-14)41-20(13)31-6-27-11-17(31)28-21(23)29-18(11)34/h4-9,11-14,17,19-21,28,32-33H,1-3,23H2,(H,29,34)(H,35,36)(H,37,38)(H2,22,24,25). The van der Waals surface area contributed by atoms with Crippen molar-refractivity contribution in [2.24, 2.45) is 16.6 Å². The molecular weight excluding hydrogens is 662 g/mol. The minimum absolute atomic E-state index is 0.0439. The zero-order valence-electron chi connectivity index (χ0n) is 23.4. The number of aliphatic hydroxyl groups excluding tert-OH is 2. The molecule has 2 aromatic heterocycles. The number of hydrogen-bond donors (Lipinski definition) is 8. The molecule has 23 nitrogen and oxygen atoms in total. The summed E-state index contributed by atoms with van der Waals surface area (Å²) in [7, 11) is -10.1. The topological polar surface area (TPSA) is 323 Å². The molecule has 2 aromatic rings. The van der Waals surface area contributed by atoms with Crippen molar-refractivity contribution in [2.75, 3.05) is 25.6 Å². The molecule has 0 radical (unpaired) electrons. The summed E-state index contributed by atoms with van der Waals surface area (Å²) >= 11 is 0. The van der Waals surface area contributed by atoms with Crippen molar-refractivity contribution < 1.29 is 61.5 Å². The van der Waals surface area contributed by atoms with Crippen molar-refractivity contribution in [3.63, 3.8) is 0 Å². The van der Waals surface area contributed by atoms with Gasteiger partial charge in [0.2, 0.25) is 0 Å². The Kier molecular flexibility index (Phi) is 8.14. The number of ether oxygens (including phenoxy) is 2. The van der Waals surface area contributed by atoms with E-state index in [-0.39, 0.29) is 17.0 Å². The summed E-state index contributed by atoms with van der Waals surface area (Å²) in [5.41, 5.74) is 12.0. The molecule has 0 aliphatic carbocycles. The first-order valence-corrected chi connectivity index (χ1v) is 16.8. The van der Waals surface area contributed by atoms with Gasteiger partial charge in [-0.25, -0.2) is 24.1 Å². The predicted octanol–water partition coefficient (Wildman–Crippen LogP) is -3.98. The smallest absolute Gasteiger partial charge is 0.396 e. The van der Waals surface area contributed by atoms with Gasteiger partial charge in [-0.05, 0) is 0 Å². The largest absolute Gasteiger partial charge is 0.472 e. The first kappa shape index (κ1) is 31.8. The van der Waals surface area contributed by atoms with E-state index in [0.29, 0.717) is 0 Å². The van der Waals surface area contributed by atoms with Gasteiger partial charge in [-0.2, -0.15) is 0 Å². The molecule has 7 heterocycles. The van der Waals surface area contributed by atoms with Gasteiger partial charge >= 0.3 is 15.6 Å². The maximum Gasteiger partial charge on any atom is 0.472 e. The lowest BCUT2D eigenvalue weighted by molar-refractivity contribution is -0.130. The number of carbonyl (C=O) groups is 1. The van der Waals surface area contributed by atoms with Gasteiger partial charge in [0.25, 0.3) is 5.91 Å². The first-order chi connectivity index (χ1) is 21.9. The van der Waals surface area contributed by atoms with Crippen LogP contribution in [0.15, 0.2) is 17.6 Å². The highest BCUT2D eigenvalue weighted by atomic mass is 31.2. The molecule has 5 aliphatic rings. The quantitative estimate of drug-likeness (QED) is 0.142. The third kappa shape index (κ3) is 5.61. The number of nitrogens with two attached hydrogens (primary N) is 2. The van der Waals surface area contributed by atoms with Crippen LogP contribution in [0.25, 0.3) is 11.2 Å². The van der Waals surface area contributed by atoms with Gasteiger partial charge in [-0.3, -0.25) is 43.5 Å². The number of fused-ring (bicyclic) bond motifs is 5. The second-order valence-corrected chi connectivity index (χ2v) is 13.8. The van der Waals surface area contributed by atoms with Gasteiger partial charge in [0.1, 0.15) is 48.7 Å². The Labute approximate surface area is 258 Å². The molecular formula is C21H30N10O13P2. The number of anilines is 1. The number of hydrogen-bond acceptors (Lipinski definition) is 19. The van der Waals surface area contributed by atoms with Gasteiger partial charge in [-0.1, -0.05) is 0 Å². The van der Waals surface area contributed by atoms with Crippen LogP contribution in [0.1, 0.15) is 6.23 Å². The fourth-order valence-corrected chi connectivity index (χ4v) is 7.98. The molecule has 252 valence electrons. The second-order valence-electron chi connectivity index (χ2n) is 11.0. The zero-order chi connectivity index (χ0) is 32.5. The summed E-state index contributed by atoms with van der Waals surface area (Å²) in [5.74, 6) is -1.57. The van der Waals surface area contributed by atoms with E-state index in [1.165, 1.54) is 22.1 Å². The number of phosphoric acid groups is 2. The van der Waals surface area contributed by atoms with Crippen LogP contribution in [0.5, 0.6) is 0 Å². The average Bonchev–Trinajstić information content (AvgIpc) is 3.75. The van der Waals surface area contributed by atoms with Crippen molar-refractivity contribution in [3.8, 4) is 0 Å². The zero-order valence-corrected chi connectivity index (χ0v) is 25.2. The van der Waals surface area contributed by atoms with Crippen molar-refractivity contribution in [1.29, 1.82) is 0 Å². The van der Waals surface area contributed by atoms with Crippen LogP contribution in [0.4, 0.5) is 5.82 Å². The van der Waals surface area contributed by atoms with E-state index in [2.05, 4.69) is 30.6 Å². The summed E-state index contributed by atoms with van der Waals surface area (Å²) in [5, 5.41) is 26.8. The van der Waals surface area contributed by atoms with Crippen LogP contribution in [-0.4, -0.2) is 132 Å². The molecule has 10 N–H and O–H groups in total. The summed E-state index contributed by atoms with van der Waals surface area (Å²) in [6.45, 7) is -2.17. The minimum atomic E-state index is -5.05. The molecule has 13 unspecified atom stereocenters. The average molecular weight is 692 g/mol.